The predicted octanol–water partition coefficient (Wildman–Crippen LogP) is 1.05. The summed E-state index contributed by atoms with van der Waals surface area (Å²) in [5, 5.41) is 14.2. The van der Waals surface area contributed by atoms with E-state index in [1.807, 2.05) is 0 Å². The van der Waals surface area contributed by atoms with E-state index in [2.05, 4.69) is 20.8 Å². The van der Waals surface area contributed by atoms with Crippen molar-refractivity contribution >= 4 is 28.7 Å². The molecule has 140 valence electrons. The number of nitrogens with zero attached hydrogens (tertiary/aromatic N) is 4. The Labute approximate surface area is 153 Å². The number of ether oxygens (including phenoxy) is 1. The van der Waals surface area contributed by atoms with E-state index in [1.165, 1.54) is 13.0 Å². The second kappa shape index (κ2) is 7.77. The fraction of sp³-hybridized carbons (Fsp3) is 0.294. The molecule has 0 radical (unpaired) electrons. The summed E-state index contributed by atoms with van der Waals surface area (Å²) in [5.41, 5.74) is 0.742. The fourth-order valence-corrected chi connectivity index (χ4v) is 2.32. The van der Waals surface area contributed by atoms with Crippen LogP contribution in [0.1, 0.15) is 19.0 Å². The van der Waals surface area contributed by atoms with Crippen molar-refractivity contribution in [3.8, 4) is 0 Å². The lowest BCUT2D eigenvalue weighted by Crippen LogP contribution is -2.31. The van der Waals surface area contributed by atoms with Crippen LogP contribution in [0.2, 0.25) is 0 Å². The molecule has 0 spiro atoms. The molecule has 0 aliphatic rings. The highest BCUT2D eigenvalue weighted by Crippen LogP contribution is 2.09. The van der Waals surface area contributed by atoms with E-state index in [9.17, 15) is 14.4 Å². The first-order valence-corrected chi connectivity index (χ1v) is 8.20. The average Bonchev–Trinajstić information content (AvgIpc) is 3.06. The average molecular weight is 371 g/mol. The summed E-state index contributed by atoms with van der Waals surface area (Å²) in [6.45, 7) is 3.13. The normalized spacial score (nSPS) is 11.9. The SMILES string of the molecule is Cc1cc(NC(=O)[C@H](C)OC(=O)CCn2nnc3ccccc3c2=O)on1. The number of esters is 1. The van der Waals surface area contributed by atoms with Crippen molar-refractivity contribution in [1.82, 2.24) is 20.2 Å². The van der Waals surface area contributed by atoms with Crippen molar-refractivity contribution in [3.05, 3.63) is 46.4 Å². The molecule has 2 aromatic heterocycles. The number of aryl methyl sites for hydroxylation is 2. The smallest absolute Gasteiger partial charge is 0.308 e. The van der Waals surface area contributed by atoms with Crippen molar-refractivity contribution in [2.75, 3.05) is 5.32 Å². The number of nitrogens with one attached hydrogen (secondary N) is 1. The highest BCUT2D eigenvalue weighted by molar-refractivity contribution is 5.94. The molecule has 0 aliphatic carbocycles. The van der Waals surface area contributed by atoms with Crippen molar-refractivity contribution in [2.45, 2.75) is 32.9 Å². The van der Waals surface area contributed by atoms with Crippen LogP contribution in [0.4, 0.5) is 5.88 Å². The van der Waals surface area contributed by atoms with Crippen molar-refractivity contribution in [1.29, 1.82) is 0 Å². The van der Waals surface area contributed by atoms with Crippen LogP contribution in [0.25, 0.3) is 10.9 Å². The molecular weight excluding hydrogens is 354 g/mol. The van der Waals surface area contributed by atoms with Gasteiger partial charge in [-0.25, -0.2) is 4.68 Å². The van der Waals surface area contributed by atoms with Crippen LogP contribution in [0.5, 0.6) is 0 Å². The number of hydrogen-bond acceptors (Lipinski definition) is 8. The summed E-state index contributed by atoms with van der Waals surface area (Å²) in [4.78, 5) is 36.2. The molecule has 10 heteroatoms. The number of amides is 1. The van der Waals surface area contributed by atoms with Crippen LogP contribution >= 0.6 is 0 Å². The van der Waals surface area contributed by atoms with Gasteiger partial charge >= 0.3 is 5.97 Å². The monoisotopic (exact) mass is 371 g/mol. The second-order valence-electron chi connectivity index (χ2n) is 5.84. The molecule has 0 saturated heterocycles. The molecule has 1 N–H and O–H groups in total. The van der Waals surface area contributed by atoms with Gasteiger partial charge in [-0.15, -0.1) is 5.10 Å². The molecule has 10 nitrogen and oxygen atoms in total. The maximum atomic E-state index is 12.3. The number of aromatic nitrogens is 4. The highest BCUT2D eigenvalue weighted by Gasteiger charge is 2.19. The fourth-order valence-electron chi connectivity index (χ4n) is 2.32. The Morgan fingerprint density at radius 3 is 2.85 bits per heavy atom. The Kier molecular flexibility index (Phi) is 5.25. The molecule has 1 atom stereocenters. The van der Waals surface area contributed by atoms with E-state index in [0.717, 1.165) is 4.68 Å². The third kappa shape index (κ3) is 4.35. The standard InChI is InChI=1S/C17H17N5O5/c1-10-9-14(27-20-10)18-16(24)11(2)26-15(23)7-8-22-17(25)12-5-3-4-6-13(12)19-21-22/h3-6,9,11H,7-8H2,1-2H3,(H,18,24)/t11-/m0/s1. The number of benzene rings is 1. The van der Waals surface area contributed by atoms with Gasteiger partial charge in [-0.05, 0) is 26.0 Å². The van der Waals surface area contributed by atoms with E-state index in [-0.39, 0.29) is 24.4 Å². The van der Waals surface area contributed by atoms with Gasteiger partial charge in [0.2, 0.25) is 5.88 Å². The lowest BCUT2D eigenvalue weighted by atomic mass is 10.2. The maximum Gasteiger partial charge on any atom is 0.308 e. The quantitative estimate of drug-likeness (QED) is 0.637. The lowest BCUT2D eigenvalue weighted by Gasteiger charge is -2.12. The van der Waals surface area contributed by atoms with Gasteiger partial charge in [0.1, 0.15) is 5.52 Å². The first-order chi connectivity index (χ1) is 12.9. The molecule has 2 heterocycles. The molecule has 1 amide bonds. The third-order valence-electron chi connectivity index (χ3n) is 3.71. The van der Waals surface area contributed by atoms with Gasteiger partial charge in [-0.2, -0.15) is 0 Å². The molecule has 0 bridgehead atoms. The van der Waals surface area contributed by atoms with Gasteiger partial charge in [-0.1, -0.05) is 22.5 Å². The summed E-state index contributed by atoms with van der Waals surface area (Å²) in [6, 6.07) is 8.33. The number of hydrogen-bond donors (Lipinski definition) is 1. The van der Waals surface area contributed by atoms with Crippen LogP contribution < -0.4 is 10.9 Å². The Morgan fingerprint density at radius 1 is 1.33 bits per heavy atom. The minimum absolute atomic E-state index is 0.00879. The van der Waals surface area contributed by atoms with Crippen molar-refractivity contribution < 1.29 is 18.8 Å². The zero-order valence-electron chi connectivity index (χ0n) is 14.7. The molecule has 1 aromatic carbocycles. The lowest BCUT2D eigenvalue weighted by molar-refractivity contribution is -0.153. The Morgan fingerprint density at radius 2 is 2.11 bits per heavy atom. The van der Waals surface area contributed by atoms with Crippen molar-refractivity contribution in [3.63, 3.8) is 0 Å². The molecule has 3 rings (SSSR count). The molecule has 0 saturated carbocycles. The minimum atomic E-state index is -1.04. The summed E-state index contributed by atoms with van der Waals surface area (Å²) in [7, 11) is 0. The van der Waals surface area contributed by atoms with Gasteiger partial charge in [0.05, 0.1) is 24.0 Å². The number of carbonyl (C=O) groups is 2. The molecule has 0 aliphatic heterocycles. The topological polar surface area (TPSA) is 129 Å². The zero-order valence-corrected chi connectivity index (χ0v) is 14.7. The maximum absolute atomic E-state index is 12.3. The van der Waals surface area contributed by atoms with Gasteiger partial charge in [0.25, 0.3) is 11.5 Å². The summed E-state index contributed by atoms with van der Waals surface area (Å²) in [5.74, 6) is -1.03. The van der Waals surface area contributed by atoms with Crippen LogP contribution in [0.15, 0.2) is 39.6 Å². The van der Waals surface area contributed by atoms with E-state index in [1.54, 1.807) is 31.2 Å². The predicted molar refractivity (Wildman–Crippen MR) is 93.8 cm³/mol. The number of rotatable bonds is 6. The molecule has 3 aromatic rings. The molecule has 27 heavy (non-hydrogen) atoms. The first-order valence-electron chi connectivity index (χ1n) is 8.20. The van der Waals surface area contributed by atoms with Crippen LogP contribution in [0, 0.1) is 6.92 Å². The number of fused-ring (bicyclic) bond motifs is 1. The summed E-state index contributed by atoms with van der Waals surface area (Å²) in [6.07, 6.45) is -1.17. The molecule has 0 fully saturated rings. The largest absolute Gasteiger partial charge is 0.452 e. The summed E-state index contributed by atoms with van der Waals surface area (Å²) >= 11 is 0. The Balaban J connectivity index is 1.55. The van der Waals surface area contributed by atoms with Gasteiger partial charge in [0.15, 0.2) is 6.10 Å². The molecule has 0 unspecified atom stereocenters. The van der Waals surface area contributed by atoms with Gasteiger partial charge in [0, 0.05) is 6.07 Å². The van der Waals surface area contributed by atoms with Gasteiger partial charge < -0.3 is 9.26 Å². The number of carbonyl (C=O) groups excluding carboxylic acids is 2. The third-order valence-corrected chi connectivity index (χ3v) is 3.71. The van der Waals surface area contributed by atoms with Crippen LogP contribution in [-0.2, 0) is 20.9 Å². The summed E-state index contributed by atoms with van der Waals surface area (Å²) < 4.78 is 11.0. The molecular formula is C17H17N5O5. The van der Waals surface area contributed by atoms with E-state index in [4.69, 9.17) is 9.26 Å². The Bertz CT molecular complexity index is 1040. The second-order valence-corrected chi connectivity index (χ2v) is 5.84. The van der Waals surface area contributed by atoms with E-state index in [0.29, 0.717) is 16.6 Å². The van der Waals surface area contributed by atoms with Gasteiger partial charge in [-0.3, -0.25) is 19.7 Å². The number of anilines is 1. The van der Waals surface area contributed by atoms with E-state index >= 15 is 0 Å². The minimum Gasteiger partial charge on any atom is -0.452 e. The zero-order chi connectivity index (χ0) is 19.4. The Hall–Kier alpha value is -3.56. The van der Waals surface area contributed by atoms with E-state index < -0.39 is 18.0 Å². The van der Waals surface area contributed by atoms with Crippen LogP contribution in [-0.4, -0.2) is 38.1 Å². The highest BCUT2D eigenvalue weighted by atomic mass is 16.5. The first kappa shape index (κ1) is 18.2. The van der Waals surface area contributed by atoms with Crippen molar-refractivity contribution in [2.24, 2.45) is 0 Å². The van der Waals surface area contributed by atoms with Crippen LogP contribution in [0.3, 0.4) is 0 Å².